The van der Waals surface area contributed by atoms with Gasteiger partial charge < -0.3 is 5.73 Å². The van der Waals surface area contributed by atoms with Crippen molar-refractivity contribution in [1.29, 1.82) is 0 Å². The van der Waals surface area contributed by atoms with E-state index in [0.717, 1.165) is 0 Å². The van der Waals surface area contributed by atoms with Gasteiger partial charge in [0.05, 0.1) is 0 Å². The first-order valence-corrected chi connectivity index (χ1v) is 5.19. The molecule has 1 atom stereocenters. The number of hydrogen-bond acceptors (Lipinski definition) is 3. The first kappa shape index (κ1) is 7.28. The Morgan fingerprint density at radius 1 is 1.45 bits per heavy atom. The molecule has 0 spiro atoms. The number of rotatable bonds is 1. The standard InChI is InChI=1S/C8H9NS2/c1-5(9)7-4-8-6(11-7)2-3-10-8/h2-5H,9H2,1H3. The highest BCUT2D eigenvalue weighted by Crippen LogP contribution is 2.32. The predicted molar refractivity (Wildman–Crippen MR) is 52.3 cm³/mol. The van der Waals surface area contributed by atoms with Crippen LogP contribution in [0.15, 0.2) is 17.5 Å². The lowest BCUT2D eigenvalue weighted by molar-refractivity contribution is 0.839. The third-order valence-corrected chi connectivity index (χ3v) is 3.90. The number of hydrogen-bond donors (Lipinski definition) is 1. The molecule has 0 aromatic carbocycles. The highest BCUT2D eigenvalue weighted by Gasteiger charge is 2.05. The second-order valence-corrected chi connectivity index (χ2v) is 4.65. The number of fused-ring (bicyclic) bond motifs is 1. The van der Waals surface area contributed by atoms with Gasteiger partial charge in [-0.2, -0.15) is 0 Å². The number of thiophene rings is 2. The molecule has 2 rings (SSSR count). The minimum Gasteiger partial charge on any atom is -0.324 e. The minimum absolute atomic E-state index is 0.180. The Bertz CT molecular complexity index is 330. The molecule has 58 valence electrons. The van der Waals surface area contributed by atoms with E-state index in [1.54, 1.807) is 22.7 Å². The molecule has 0 radical (unpaired) electrons. The first-order chi connectivity index (χ1) is 5.27. The van der Waals surface area contributed by atoms with Crippen LogP contribution in [0.1, 0.15) is 17.8 Å². The summed E-state index contributed by atoms with van der Waals surface area (Å²) in [6, 6.07) is 4.52. The van der Waals surface area contributed by atoms with Crippen LogP contribution in [0.3, 0.4) is 0 Å². The van der Waals surface area contributed by atoms with Crippen molar-refractivity contribution in [3.63, 3.8) is 0 Å². The molecule has 2 aromatic rings. The van der Waals surface area contributed by atoms with Crippen molar-refractivity contribution in [2.24, 2.45) is 5.73 Å². The SMILES string of the molecule is CC(N)c1cc2sccc2s1. The van der Waals surface area contributed by atoms with Crippen LogP contribution in [0.2, 0.25) is 0 Å². The van der Waals surface area contributed by atoms with Crippen LogP contribution >= 0.6 is 22.7 Å². The van der Waals surface area contributed by atoms with Crippen LogP contribution in [0, 0.1) is 0 Å². The largest absolute Gasteiger partial charge is 0.324 e. The Balaban J connectivity index is 2.58. The molecule has 0 amide bonds. The molecule has 2 heterocycles. The van der Waals surface area contributed by atoms with Crippen molar-refractivity contribution in [1.82, 2.24) is 0 Å². The Morgan fingerprint density at radius 3 is 2.91 bits per heavy atom. The van der Waals surface area contributed by atoms with E-state index in [0.29, 0.717) is 0 Å². The van der Waals surface area contributed by atoms with E-state index >= 15 is 0 Å². The maximum atomic E-state index is 5.75. The summed E-state index contributed by atoms with van der Waals surface area (Å²) in [5, 5.41) is 2.12. The molecule has 0 bridgehead atoms. The molecule has 0 aliphatic rings. The molecule has 11 heavy (non-hydrogen) atoms. The van der Waals surface area contributed by atoms with E-state index in [-0.39, 0.29) is 6.04 Å². The monoisotopic (exact) mass is 183 g/mol. The molecule has 0 fully saturated rings. The van der Waals surface area contributed by atoms with Gasteiger partial charge in [0.2, 0.25) is 0 Å². The van der Waals surface area contributed by atoms with Crippen molar-refractivity contribution < 1.29 is 0 Å². The fraction of sp³-hybridized carbons (Fsp3) is 0.250. The van der Waals surface area contributed by atoms with Gasteiger partial charge in [-0.15, -0.1) is 22.7 Å². The molecule has 0 aliphatic carbocycles. The summed E-state index contributed by atoms with van der Waals surface area (Å²) in [5.74, 6) is 0. The predicted octanol–water partition coefficient (Wildman–Crippen LogP) is 2.98. The van der Waals surface area contributed by atoms with Gasteiger partial charge in [0.1, 0.15) is 0 Å². The lowest BCUT2D eigenvalue weighted by Gasteiger charge is -1.96. The maximum Gasteiger partial charge on any atom is 0.0454 e. The first-order valence-electron chi connectivity index (χ1n) is 3.50. The summed E-state index contributed by atoms with van der Waals surface area (Å²) in [6.07, 6.45) is 0. The van der Waals surface area contributed by atoms with Crippen LogP contribution < -0.4 is 5.73 Å². The van der Waals surface area contributed by atoms with E-state index in [1.807, 2.05) is 6.92 Å². The Hall–Kier alpha value is -0.380. The van der Waals surface area contributed by atoms with Gasteiger partial charge in [-0.05, 0) is 24.4 Å². The van der Waals surface area contributed by atoms with Crippen molar-refractivity contribution in [2.75, 3.05) is 0 Å². The Kier molecular flexibility index (Phi) is 1.71. The fourth-order valence-corrected chi connectivity index (χ4v) is 3.08. The van der Waals surface area contributed by atoms with Gasteiger partial charge in [0.25, 0.3) is 0 Å². The zero-order valence-corrected chi connectivity index (χ0v) is 7.84. The second kappa shape index (κ2) is 2.59. The molecule has 0 saturated heterocycles. The molecule has 0 aliphatic heterocycles. The third kappa shape index (κ3) is 1.20. The summed E-state index contributed by atoms with van der Waals surface area (Å²) in [4.78, 5) is 1.28. The van der Waals surface area contributed by atoms with Gasteiger partial charge in [-0.3, -0.25) is 0 Å². The van der Waals surface area contributed by atoms with Crippen molar-refractivity contribution >= 4 is 32.1 Å². The molecule has 1 unspecified atom stereocenters. The van der Waals surface area contributed by atoms with Crippen LogP contribution in [0.4, 0.5) is 0 Å². The smallest absolute Gasteiger partial charge is 0.0454 e. The van der Waals surface area contributed by atoms with Crippen LogP contribution in [0.25, 0.3) is 9.40 Å². The minimum atomic E-state index is 0.180. The summed E-state index contributed by atoms with van der Waals surface area (Å²) in [5.41, 5.74) is 5.75. The van der Waals surface area contributed by atoms with Gasteiger partial charge in [0.15, 0.2) is 0 Å². The third-order valence-electron chi connectivity index (χ3n) is 1.61. The van der Waals surface area contributed by atoms with Crippen LogP contribution in [-0.4, -0.2) is 0 Å². The Labute approximate surface area is 73.5 Å². The quantitative estimate of drug-likeness (QED) is 0.722. The zero-order chi connectivity index (χ0) is 7.84. The summed E-state index contributed by atoms with van der Waals surface area (Å²) in [6.45, 7) is 2.02. The second-order valence-electron chi connectivity index (χ2n) is 2.59. The highest BCUT2D eigenvalue weighted by atomic mass is 32.1. The molecule has 1 nitrogen and oxygen atoms in total. The average Bonchev–Trinajstić information content (AvgIpc) is 2.40. The lowest BCUT2D eigenvalue weighted by Crippen LogP contribution is -2.01. The van der Waals surface area contributed by atoms with Gasteiger partial charge in [-0.25, -0.2) is 0 Å². The van der Waals surface area contributed by atoms with Gasteiger partial charge in [0, 0.05) is 20.3 Å². The van der Waals surface area contributed by atoms with Crippen LogP contribution in [0.5, 0.6) is 0 Å². The van der Waals surface area contributed by atoms with E-state index in [4.69, 9.17) is 5.73 Å². The van der Waals surface area contributed by atoms with Crippen molar-refractivity contribution in [2.45, 2.75) is 13.0 Å². The molecular formula is C8H9NS2. The maximum absolute atomic E-state index is 5.75. The average molecular weight is 183 g/mol. The van der Waals surface area contributed by atoms with Gasteiger partial charge in [-0.1, -0.05) is 0 Å². The highest BCUT2D eigenvalue weighted by molar-refractivity contribution is 7.26. The van der Waals surface area contributed by atoms with E-state index in [2.05, 4.69) is 17.5 Å². The number of nitrogens with two attached hydrogens (primary N) is 1. The fourth-order valence-electron chi connectivity index (χ4n) is 1.01. The molecule has 0 saturated carbocycles. The summed E-state index contributed by atoms with van der Waals surface area (Å²) in [7, 11) is 0. The zero-order valence-electron chi connectivity index (χ0n) is 6.20. The lowest BCUT2D eigenvalue weighted by atomic mass is 10.3. The molecule has 2 aromatic heterocycles. The van der Waals surface area contributed by atoms with E-state index in [9.17, 15) is 0 Å². The van der Waals surface area contributed by atoms with E-state index in [1.165, 1.54) is 14.3 Å². The Morgan fingerprint density at radius 2 is 2.27 bits per heavy atom. The topological polar surface area (TPSA) is 26.0 Å². The van der Waals surface area contributed by atoms with E-state index < -0.39 is 0 Å². The normalized spacial score (nSPS) is 14.0. The molecular weight excluding hydrogens is 174 g/mol. The van der Waals surface area contributed by atoms with Gasteiger partial charge >= 0.3 is 0 Å². The molecule has 2 N–H and O–H groups in total. The van der Waals surface area contributed by atoms with Crippen molar-refractivity contribution in [3.8, 4) is 0 Å². The summed E-state index contributed by atoms with van der Waals surface area (Å²) >= 11 is 3.58. The van der Waals surface area contributed by atoms with Crippen molar-refractivity contribution in [3.05, 3.63) is 22.4 Å². The van der Waals surface area contributed by atoms with Crippen LogP contribution in [-0.2, 0) is 0 Å². The summed E-state index contributed by atoms with van der Waals surface area (Å²) < 4.78 is 2.73. The molecule has 3 heteroatoms.